The second-order valence-electron chi connectivity index (χ2n) is 4.89. The minimum atomic E-state index is 0.830. The first-order valence-electron chi connectivity index (χ1n) is 6.14. The molecule has 2 heterocycles. The number of rotatable bonds is 1. The highest BCUT2D eigenvalue weighted by Crippen LogP contribution is 2.26. The zero-order valence-corrected chi connectivity index (χ0v) is 10.2. The first-order valence-corrected chi connectivity index (χ1v) is 6.14. The van der Waals surface area contributed by atoms with Gasteiger partial charge in [-0.25, -0.2) is 4.98 Å². The van der Waals surface area contributed by atoms with Gasteiger partial charge in [0.05, 0.1) is 5.69 Å². The van der Waals surface area contributed by atoms with Gasteiger partial charge in [0.25, 0.3) is 0 Å². The van der Waals surface area contributed by atoms with Gasteiger partial charge in [0.15, 0.2) is 5.82 Å². The molecule has 1 aliphatic rings. The van der Waals surface area contributed by atoms with Gasteiger partial charge in [-0.15, -0.1) is 0 Å². The molecule has 0 bridgehead atoms. The Labute approximate surface area is 97.7 Å². The smallest absolute Gasteiger partial charge is 0.152 e. The van der Waals surface area contributed by atoms with E-state index in [2.05, 4.69) is 16.8 Å². The number of nitrogen functional groups attached to an aromatic ring is 1. The zero-order chi connectivity index (χ0) is 11.5. The SMILES string of the molecule is Cc1ccnc(N2CCCC(C)CC2)c1N. The molecule has 0 aromatic carbocycles. The van der Waals surface area contributed by atoms with Gasteiger partial charge >= 0.3 is 0 Å². The van der Waals surface area contributed by atoms with Crippen molar-refractivity contribution in [2.45, 2.75) is 33.1 Å². The largest absolute Gasteiger partial charge is 0.396 e. The van der Waals surface area contributed by atoms with Gasteiger partial charge in [0.1, 0.15) is 0 Å². The van der Waals surface area contributed by atoms with E-state index in [1.165, 1.54) is 19.3 Å². The second kappa shape index (κ2) is 4.73. The van der Waals surface area contributed by atoms with Gasteiger partial charge in [-0.3, -0.25) is 0 Å². The Balaban J connectivity index is 2.20. The quantitative estimate of drug-likeness (QED) is 0.789. The van der Waals surface area contributed by atoms with E-state index in [1.54, 1.807) is 0 Å². The van der Waals surface area contributed by atoms with Crippen LogP contribution in [0.5, 0.6) is 0 Å². The summed E-state index contributed by atoms with van der Waals surface area (Å²) >= 11 is 0. The summed E-state index contributed by atoms with van der Waals surface area (Å²) < 4.78 is 0. The zero-order valence-electron chi connectivity index (χ0n) is 10.2. The summed E-state index contributed by atoms with van der Waals surface area (Å²) in [5.74, 6) is 1.81. The first kappa shape index (κ1) is 11.2. The van der Waals surface area contributed by atoms with Crippen LogP contribution in [0.3, 0.4) is 0 Å². The van der Waals surface area contributed by atoms with Crippen molar-refractivity contribution in [3.8, 4) is 0 Å². The van der Waals surface area contributed by atoms with Crippen molar-refractivity contribution in [3.63, 3.8) is 0 Å². The Morgan fingerprint density at radius 2 is 2.19 bits per heavy atom. The molecule has 3 nitrogen and oxygen atoms in total. The summed E-state index contributed by atoms with van der Waals surface area (Å²) in [5.41, 5.74) is 8.07. The van der Waals surface area contributed by atoms with E-state index in [-0.39, 0.29) is 0 Å². The summed E-state index contributed by atoms with van der Waals surface area (Å²) in [5, 5.41) is 0. The lowest BCUT2D eigenvalue weighted by Gasteiger charge is -2.23. The number of nitrogens with two attached hydrogens (primary N) is 1. The predicted molar refractivity (Wildman–Crippen MR) is 68.6 cm³/mol. The first-order chi connectivity index (χ1) is 7.68. The molecule has 88 valence electrons. The Morgan fingerprint density at radius 3 is 3.00 bits per heavy atom. The van der Waals surface area contributed by atoms with E-state index in [0.29, 0.717) is 0 Å². The highest BCUT2D eigenvalue weighted by atomic mass is 15.2. The highest BCUT2D eigenvalue weighted by Gasteiger charge is 2.17. The van der Waals surface area contributed by atoms with Crippen LogP contribution in [-0.4, -0.2) is 18.1 Å². The Bertz CT molecular complexity index is 362. The molecular weight excluding hydrogens is 198 g/mol. The molecule has 16 heavy (non-hydrogen) atoms. The van der Waals surface area contributed by atoms with Crippen LogP contribution in [0.2, 0.25) is 0 Å². The van der Waals surface area contributed by atoms with Crippen LogP contribution < -0.4 is 10.6 Å². The van der Waals surface area contributed by atoms with E-state index < -0.39 is 0 Å². The third-order valence-corrected chi connectivity index (χ3v) is 3.50. The number of nitrogens with zero attached hydrogens (tertiary/aromatic N) is 2. The molecule has 0 aliphatic carbocycles. The monoisotopic (exact) mass is 219 g/mol. The molecule has 1 fully saturated rings. The number of hydrogen-bond acceptors (Lipinski definition) is 3. The fourth-order valence-electron chi connectivity index (χ4n) is 2.28. The molecule has 1 atom stereocenters. The van der Waals surface area contributed by atoms with E-state index >= 15 is 0 Å². The van der Waals surface area contributed by atoms with Crippen molar-refractivity contribution in [3.05, 3.63) is 17.8 Å². The van der Waals surface area contributed by atoms with Crippen LogP contribution in [0.25, 0.3) is 0 Å². The van der Waals surface area contributed by atoms with Crippen LogP contribution in [0.4, 0.5) is 11.5 Å². The van der Waals surface area contributed by atoms with Crippen LogP contribution >= 0.6 is 0 Å². The minimum absolute atomic E-state index is 0.830. The van der Waals surface area contributed by atoms with E-state index in [1.807, 2.05) is 19.2 Å². The number of pyridine rings is 1. The number of aryl methyl sites for hydroxylation is 1. The van der Waals surface area contributed by atoms with Crippen molar-refractivity contribution >= 4 is 11.5 Å². The molecule has 2 N–H and O–H groups in total. The average Bonchev–Trinajstić information content (AvgIpc) is 2.47. The predicted octanol–water partition coefficient (Wildman–Crippen LogP) is 2.60. The van der Waals surface area contributed by atoms with Crippen molar-refractivity contribution in [1.29, 1.82) is 0 Å². The summed E-state index contributed by atoms with van der Waals surface area (Å²) in [4.78, 5) is 6.77. The normalized spacial score (nSPS) is 21.9. The van der Waals surface area contributed by atoms with Crippen molar-refractivity contribution < 1.29 is 0 Å². The van der Waals surface area contributed by atoms with Crippen molar-refractivity contribution in [2.75, 3.05) is 23.7 Å². The standard InChI is InChI=1S/C13H21N3/c1-10-4-3-8-16(9-6-10)13-12(14)11(2)5-7-15-13/h5,7,10H,3-4,6,8-9,14H2,1-2H3. The van der Waals surface area contributed by atoms with Crippen LogP contribution in [0.15, 0.2) is 12.3 Å². The number of aromatic nitrogens is 1. The Kier molecular flexibility index (Phi) is 3.32. The molecule has 2 rings (SSSR count). The third kappa shape index (κ3) is 2.29. The molecule has 1 aliphatic heterocycles. The lowest BCUT2D eigenvalue weighted by molar-refractivity contribution is 0.521. The lowest BCUT2D eigenvalue weighted by atomic mass is 10.0. The van der Waals surface area contributed by atoms with E-state index in [0.717, 1.165) is 36.1 Å². The van der Waals surface area contributed by atoms with Crippen molar-refractivity contribution in [2.24, 2.45) is 5.92 Å². The van der Waals surface area contributed by atoms with Crippen LogP contribution in [0.1, 0.15) is 31.7 Å². The number of hydrogen-bond donors (Lipinski definition) is 1. The summed E-state index contributed by atoms with van der Waals surface area (Å²) in [6, 6.07) is 1.97. The Morgan fingerprint density at radius 1 is 1.38 bits per heavy atom. The highest BCUT2D eigenvalue weighted by molar-refractivity contribution is 5.66. The molecule has 0 saturated carbocycles. The Hall–Kier alpha value is -1.25. The summed E-state index contributed by atoms with van der Waals surface area (Å²) in [6.07, 6.45) is 5.67. The van der Waals surface area contributed by atoms with Gasteiger partial charge in [-0.1, -0.05) is 6.92 Å². The lowest BCUT2D eigenvalue weighted by Crippen LogP contribution is -2.26. The topological polar surface area (TPSA) is 42.2 Å². The maximum atomic E-state index is 6.09. The van der Waals surface area contributed by atoms with E-state index in [9.17, 15) is 0 Å². The van der Waals surface area contributed by atoms with Crippen LogP contribution in [-0.2, 0) is 0 Å². The van der Waals surface area contributed by atoms with E-state index in [4.69, 9.17) is 5.73 Å². The second-order valence-corrected chi connectivity index (χ2v) is 4.89. The molecule has 0 amide bonds. The van der Waals surface area contributed by atoms with Gasteiger partial charge < -0.3 is 10.6 Å². The van der Waals surface area contributed by atoms with Gasteiger partial charge in [0.2, 0.25) is 0 Å². The summed E-state index contributed by atoms with van der Waals surface area (Å²) in [7, 11) is 0. The van der Waals surface area contributed by atoms with Gasteiger partial charge in [-0.05, 0) is 43.7 Å². The summed E-state index contributed by atoms with van der Waals surface area (Å²) in [6.45, 7) is 6.55. The molecule has 0 spiro atoms. The molecule has 1 unspecified atom stereocenters. The van der Waals surface area contributed by atoms with Crippen molar-refractivity contribution in [1.82, 2.24) is 4.98 Å². The molecule has 1 saturated heterocycles. The third-order valence-electron chi connectivity index (χ3n) is 3.50. The van der Waals surface area contributed by atoms with Gasteiger partial charge in [0, 0.05) is 19.3 Å². The fraction of sp³-hybridized carbons (Fsp3) is 0.615. The molecular formula is C13H21N3. The molecule has 1 aromatic rings. The molecule has 0 radical (unpaired) electrons. The number of anilines is 2. The van der Waals surface area contributed by atoms with Gasteiger partial charge in [-0.2, -0.15) is 0 Å². The average molecular weight is 219 g/mol. The maximum Gasteiger partial charge on any atom is 0.152 e. The fourth-order valence-corrected chi connectivity index (χ4v) is 2.28. The van der Waals surface area contributed by atoms with Crippen LogP contribution in [0, 0.1) is 12.8 Å². The molecule has 3 heteroatoms. The molecule has 1 aromatic heterocycles. The minimum Gasteiger partial charge on any atom is -0.396 e. The maximum absolute atomic E-state index is 6.09.